The minimum Gasteiger partial charge on any atom is -0.507 e. The van der Waals surface area contributed by atoms with E-state index in [1.54, 1.807) is 6.07 Å². The molecule has 0 aliphatic rings. The minimum atomic E-state index is 0.220. The summed E-state index contributed by atoms with van der Waals surface area (Å²) >= 11 is 0. The summed E-state index contributed by atoms with van der Waals surface area (Å²) in [6.07, 6.45) is 1.66. The Bertz CT molecular complexity index is 559. The van der Waals surface area contributed by atoms with Crippen LogP contribution in [0.4, 0.5) is 0 Å². The molecule has 18 heavy (non-hydrogen) atoms. The third kappa shape index (κ3) is 2.19. The molecular formula is C16H18O2. The number of phenols is 2. The van der Waals surface area contributed by atoms with Crippen LogP contribution in [0.1, 0.15) is 25.0 Å². The highest BCUT2D eigenvalue weighted by Crippen LogP contribution is 2.37. The van der Waals surface area contributed by atoms with E-state index in [4.69, 9.17) is 0 Å². The molecule has 0 bridgehead atoms. The molecule has 0 heterocycles. The molecule has 0 saturated carbocycles. The maximum Gasteiger partial charge on any atom is 0.126 e. The third-order valence-electron chi connectivity index (χ3n) is 3.26. The van der Waals surface area contributed by atoms with E-state index in [9.17, 15) is 10.2 Å². The lowest BCUT2D eigenvalue weighted by Gasteiger charge is -2.11. The fourth-order valence-electron chi connectivity index (χ4n) is 2.12. The van der Waals surface area contributed by atoms with Crippen LogP contribution in [-0.2, 0) is 12.8 Å². The van der Waals surface area contributed by atoms with Gasteiger partial charge in [-0.2, -0.15) is 0 Å². The second-order valence-corrected chi connectivity index (χ2v) is 4.37. The van der Waals surface area contributed by atoms with Crippen molar-refractivity contribution in [2.45, 2.75) is 26.7 Å². The Kier molecular flexibility index (Phi) is 3.56. The molecule has 0 unspecified atom stereocenters. The Balaban J connectivity index is 2.55. The molecule has 0 atom stereocenters. The van der Waals surface area contributed by atoms with Crippen LogP contribution in [0.5, 0.6) is 11.5 Å². The molecule has 0 amide bonds. The highest BCUT2D eigenvalue weighted by Gasteiger charge is 2.11. The van der Waals surface area contributed by atoms with Crippen LogP contribution in [0.3, 0.4) is 0 Å². The average molecular weight is 242 g/mol. The Morgan fingerprint density at radius 2 is 1.67 bits per heavy atom. The van der Waals surface area contributed by atoms with Gasteiger partial charge in [-0.25, -0.2) is 0 Å². The smallest absolute Gasteiger partial charge is 0.126 e. The van der Waals surface area contributed by atoms with Crippen molar-refractivity contribution in [1.82, 2.24) is 0 Å². The number of rotatable bonds is 3. The first kappa shape index (κ1) is 12.5. The van der Waals surface area contributed by atoms with E-state index in [-0.39, 0.29) is 11.5 Å². The maximum atomic E-state index is 10.2. The van der Waals surface area contributed by atoms with Gasteiger partial charge in [0.15, 0.2) is 0 Å². The molecule has 0 radical (unpaired) electrons. The molecule has 0 aromatic heterocycles. The van der Waals surface area contributed by atoms with Crippen LogP contribution in [0.15, 0.2) is 36.4 Å². The number of para-hydroxylation sites is 1. The van der Waals surface area contributed by atoms with Gasteiger partial charge in [0.05, 0.1) is 0 Å². The fourth-order valence-corrected chi connectivity index (χ4v) is 2.12. The molecule has 2 heteroatoms. The van der Waals surface area contributed by atoms with Crippen molar-refractivity contribution in [3.8, 4) is 22.6 Å². The van der Waals surface area contributed by atoms with E-state index in [1.807, 2.05) is 44.2 Å². The van der Waals surface area contributed by atoms with Crippen LogP contribution in [0.25, 0.3) is 11.1 Å². The van der Waals surface area contributed by atoms with Gasteiger partial charge < -0.3 is 10.2 Å². The van der Waals surface area contributed by atoms with Gasteiger partial charge in [-0.15, -0.1) is 0 Å². The summed E-state index contributed by atoms with van der Waals surface area (Å²) in [7, 11) is 0. The summed E-state index contributed by atoms with van der Waals surface area (Å²) in [5, 5.41) is 20.2. The predicted octanol–water partition coefficient (Wildman–Crippen LogP) is 3.89. The Labute approximate surface area is 108 Å². The molecule has 2 aromatic carbocycles. The highest BCUT2D eigenvalue weighted by molar-refractivity contribution is 5.76. The molecule has 2 N–H and O–H groups in total. The summed E-state index contributed by atoms with van der Waals surface area (Å²) in [6.45, 7) is 4.04. The van der Waals surface area contributed by atoms with Gasteiger partial charge in [0, 0.05) is 11.1 Å². The van der Waals surface area contributed by atoms with E-state index < -0.39 is 0 Å². The zero-order chi connectivity index (χ0) is 13.1. The van der Waals surface area contributed by atoms with Crippen LogP contribution in [0, 0.1) is 0 Å². The van der Waals surface area contributed by atoms with E-state index in [2.05, 4.69) is 0 Å². The average Bonchev–Trinajstić information content (AvgIpc) is 2.39. The second kappa shape index (κ2) is 5.13. The number of hydrogen-bond donors (Lipinski definition) is 2. The van der Waals surface area contributed by atoms with Gasteiger partial charge in [-0.05, 0) is 30.0 Å². The zero-order valence-electron chi connectivity index (χ0n) is 10.8. The van der Waals surface area contributed by atoms with E-state index in [1.165, 1.54) is 0 Å². The van der Waals surface area contributed by atoms with Crippen molar-refractivity contribution in [2.24, 2.45) is 0 Å². The molecule has 0 fully saturated rings. The van der Waals surface area contributed by atoms with Crippen LogP contribution in [-0.4, -0.2) is 10.2 Å². The number of benzene rings is 2. The Morgan fingerprint density at radius 3 is 2.28 bits per heavy atom. The zero-order valence-corrected chi connectivity index (χ0v) is 10.8. The van der Waals surface area contributed by atoms with Crippen LogP contribution < -0.4 is 0 Å². The molecular weight excluding hydrogens is 224 g/mol. The van der Waals surface area contributed by atoms with Gasteiger partial charge in [0.1, 0.15) is 11.5 Å². The normalized spacial score (nSPS) is 10.6. The highest BCUT2D eigenvalue weighted by atomic mass is 16.3. The summed E-state index contributed by atoms with van der Waals surface area (Å²) in [4.78, 5) is 0. The molecule has 2 rings (SSSR count). The first-order valence-corrected chi connectivity index (χ1v) is 6.30. The van der Waals surface area contributed by atoms with Gasteiger partial charge in [0.25, 0.3) is 0 Å². The number of hydrogen-bond acceptors (Lipinski definition) is 2. The number of aromatic hydroxyl groups is 2. The largest absolute Gasteiger partial charge is 0.507 e. The first-order valence-electron chi connectivity index (χ1n) is 6.30. The molecule has 0 saturated heterocycles. The SMILES string of the molecule is CCc1ccc(-c2cccc(CC)c2O)c(O)c1. The minimum absolute atomic E-state index is 0.220. The van der Waals surface area contributed by atoms with E-state index >= 15 is 0 Å². The standard InChI is InChI=1S/C16H18O2/c1-3-11-8-9-13(15(17)10-11)14-7-5-6-12(4-2)16(14)18/h5-10,17-18H,3-4H2,1-2H3. The van der Waals surface area contributed by atoms with Crippen molar-refractivity contribution < 1.29 is 10.2 Å². The summed E-state index contributed by atoms with van der Waals surface area (Å²) in [5.74, 6) is 0.484. The maximum absolute atomic E-state index is 10.2. The number of phenolic OH excluding ortho intramolecular Hbond substituents is 2. The lowest BCUT2D eigenvalue weighted by molar-refractivity contribution is 0.465. The van der Waals surface area contributed by atoms with Gasteiger partial charge in [0.2, 0.25) is 0 Å². The van der Waals surface area contributed by atoms with E-state index in [0.717, 1.165) is 24.0 Å². The van der Waals surface area contributed by atoms with E-state index in [0.29, 0.717) is 11.1 Å². The van der Waals surface area contributed by atoms with Crippen molar-refractivity contribution in [3.05, 3.63) is 47.5 Å². The van der Waals surface area contributed by atoms with Crippen LogP contribution in [0.2, 0.25) is 0 Å². The topological polar surface area (TPSA) is 40.5 Å². The number of aryl methyl sites for hydroxylation is 2. The van der Waals surface area contributed by atoms with Gasteiger partial charge in [-0.3, -0.25) is 0 Å². The molecule has 0 aliphatic carbocycles. The quantitative estimate of drug-likeness (QED) is 0.857. The summed E-state index contributed by atoms with van der Waals surface area (Å²) < 4.78 is 0. The third-order valence-corrected chi connectivity index (χ3v) is 3.26. The fraction of sp³-hybridized carbons (Fsp3) is 0.250. The molecule has 0 spiro atoms. The molecule has 0 aliphatic heterocycles. The molecule has 2 nitrogen and oxygen atoms in total. The first-order chi connectivity index (χ1) is 8.67. The Hall–Kier alpha value is -1.96. The van der Waals surface area contributed by atoms with Gasteiger partial charge >= 0.3 is 0 Å². The second-order valence-electron chi connectivity index (χ2n) is 4.37. The van der Waals surface area contributed by atoms with Crippen molar-refractivity contribution in [3.63, 3.8) is 0 Å². The lowest BCUT2D eigenvalue weighted by Crippen LogP contribution is -1.87. The van der Waals surface area contributed by atoms with Gasteiger partial charge in [-0.1, -0.05) is 44.2 Å². The Morgan fingerprint density at radius 1 is 0.889 bits per heavy atom. The predicted molar refractivity (Wildman–Crippen MR) is 74.0 cm³/mol. The lowest BCUT2D eigenvalue weighted by atomic mass is 9.98. The monoisotopic (exact) mass is 242 g/mol. The van der Waals surface area contributed by atoms with Crippen molar-refractivity contribution >= 4 is 0 Å². The molecule has 94 valence electrons. The van der Waals surface area contributed by atoms with Crippen LogP contribution >= 0.6 is 0 Å². The summed E-state index contributed by atoms with van der Waals surface area (Å²) in [6, 6.07) is 11.2. The molecule has 2 aromatic rings. The summed E-state index contributed by atoms with van der Waals surface area (Å²) in [5.41, 5.74) is 3.35. The van der Waals surface area contributed by atoms with Crippen molar-refractivity contribution in [2.75, 3.05) is 0 Å². The van der Waals surface area contributed by atoms with Crippen molar-refractivity contribution in [1.29, 1.82) is 0 Å².